The molecule has 0 spiro atoms. The molecule has 30 heavy (non-hydrogen) atoms. The number of ether oxygens (including phenoxy) is 2. The summed E-state index contributed by atoms with van der Waals surface area (Å²) in [4.78, 5) is 25.6. The molecule has 1 aliphatic rings. The highest BCUT2D eigenvalue weighted by atomic mass is 32.2. The van der Waals surface area contributed by atoms with Crippen LogP contribution in [0.1, 0.15) is 29.8 Å². The minimum atomic E-state index is -3.91. The van der Waals surface area contributed by atoms with E-state index >= 15 is 0 Å². The first-order valence-electron chi connectivity index (χ1n) is 9.50. The van der Waals surface area contributed by atoms with Gasteiger partial charge in [0.05, 0.1) is 29.8 Å². The summed E-state index contributed by atoms with van der Waals surface area (Å²) in [6.07, 6.45) is -1.01. The van der Waals surface area contributed by atoms with Gasteiger partial charge in [-0.1, -0.05) is 29.8 Å². The van der Waals surface area contributed by atoms with E-state index in [1.165, 1.54) is 7.11 Å². The van der Waals surface area contributed by atoms with Crippen LogP contribution in [0.3, 0.4) is 0 Å². The predicted molar refractivity (Wildman–Crippen MR) is 113 cm³/mol. The van der Waals surface area contributed by atoms with Crippen molar-refractivity contribution >= 4 is 27.5 Å². The van der Waals surface area contributed by atoms with Gasteiger partial charge in [0.1, 0.15) is 11.9 Å². The second-order valence-corrected chi connectivity index (χ2v) is 9.74. The molecule has 1 N–H and O–H groups in total. The number of ketones is 1. The zero-order valence-electron chi connectivity index (χ0n) is 17.3. The number of carbonyl (C=O) groups excluding carboxylic acids is 2. The van der Waals surface area contributed by atoms with Gasteiger partial charge in [0.25, 0.3) is 0 Å². The van der Waals surface area contributed by atoms with Crippen LogP contribution in [-0.2, 0) is 19.6 Å². The molecule has 2 atom stereocenters. The number of carbonyl (C=O) groups is 2. The van der Waals surface area contributed by atoms with E-state index in [4.69, 9.17) is 9.47 Å². The van der Waals surface area contributed by atoms with Crippen molar-refractivity contribution < 1.29 is 27.5 Å². The van der Waals surface area contributed by atoms with E-state index in [2.05, 4.69) is 4.72 Å². The summed E-state index contributed by atoms with van der Waals surface area (Å²) in [6.45, 7) is 5.06. The predicted octanol–water partition coefficient (Wildman–Crippen LogP) is 3.20. The molecule has 2 aromatic carbocycles. The Kier molecular flexibility index (Phi) is 5.90. The van der Waals surface area contributed by atoms with Gasteiger partial charge in [-0.3, -0.25) is 14.3 Å². The molecule has 0 aromatic heterocycles. The molecule has 0 saturated heterocycles. The summed E-state index contributed by atoms with van der Waals surface area (Å²) in [5.74, 6) is -2.26. The number of nitrogens with one attached hydrogen (secondary N) is 1. The van der Waals surface area contributed by atoms with Crippen LogP contribution < -0.4 is 9.46 Å². The fraction of sp³-hybridized carbons (Fsp3) is 0.364. The number of fused-ring (bicyclic) bond motifs is 1. The fourth-order valence-electron chi connectivity index (χ4n) is 3.60. The lowest BCUT2D eigenvalue weighted by molar-refractivity contribution is -0.157. The molecule has 160 valence electrons. The van der Waals surface area contributed by atoms with Crippen molar-refractivity contribution in [3.05, 3.63) is 59.7 Å². The van der Waals surface area contributed by atoms with Gasteiger partial charge in [0, 0.05) is 5.69 Å². The van der Waals surface area contributed by atoms with Crippen molar-refractivity contribution in [2.75, 3.05) is 17.6 Å². The van der Waals surface area contributed by atoms with Crippen molar-refractivity contribution in [3.8, 4) is 5.75 Å². The largest absolute Gasteiger partial charge is 0.488 e. The van der Waals surface area contributed by atoms with Crippen molar-refractivity contribution in [3.63, 3.8) is 0 Å². The third-order valence-corrected chi connectivity index (χ3v) is 6.60. The number of hydrogen-bond acceptors (Lipinski definition) is 6. The number of sulfonamides is 1. The maximum Gasteiger partial charge on any atom is 0.315 e. The van der Waals surface area contributed by atoms with Gasteiger partial charge in [0.15, 0.2) is 5.78 Å². The first-order chi connectivity index (χ1) is 14.0. The van der Waals surface area contributed by atoms with Crippen LogP contribution in [0.15, 0.2) is 48.5 Å². The van der Waals surface area contributed by atoms with Gasteiger partial charge in [-0.2, -0.15) is 0 Å². The maximum atomic E-state index is 13.2. The van der Waals surface area contributed by atoms with Gasteiger partial charge < -0.3 is 9.47 Å². The zero-order valence-corrected chi connectivity index (χ0v) is 18.2. The average Bonchev–Trinajstić information content (AvgIpc) is 2.70. The Balaban J connectivity index is 1.96. The number of esters is 1. The van der Waals surface area contributed by atoms with Crippen molar-refractivity contribution in [1.29, 1.82) is 0 Å². The van der Waals surface area contributed by atoms with Crippen molar-refractivity contribution in [2.24, 2.45) is 11.3 Å². The lowest BCUT2D eigenvalue weighted by atomic mass is 9.75. The molecule has 0 amide bonds. The summed E-state index contributed by atoms with van der Waals surface area (Å²) in [6, 6.07) is 13.5. The molecular weight excluding hydrogens is 406 g/mol. The van der Waals surface area contributed by atoms with E-state index < -0.39 is 39.2 Å². The Hall–Kier alpha value is -2.87. The Labute approximate surface area is 176 Å². The van der Waals surface area contributed by atoms with Crippen molar-refractivity contribution in [2.45, 2.75) is 26.9 Å². The number of anilines is 1. The van der Waals surface area contributed by atoms with E-state index in [1.807, 2.05) is 6.92 Å². The smallest absolute Gasteiger partial charge is 0.315 e. The highest BCUT2D eigenvalue weighted by Crippen LogP contribution is 2.40. The number of methoxy groups -OCH3 is 1. The number of hydrogen-bond donors (Lipinski definition) is 1. The lowest BCUT2D eigenvalue weighted by Crippen LogP contribution is -2.53. The molecule has 0 saturated carbocycles. The van der Waals surface area contributed by atoms with Crippen LogP contribution in [0.4, 0.5) is 5.69 Å². The Morgan fingerprint density at radius 3 is 2.40 bits per heavy atom. The first kappa shape index (κ1) is 21.8. The Morgan fingerprint density at radius 2 is 1.77 bits per heavy atom. The molecule has 7 nitrogen and oxygen atoms in total. The third-order valence-electron chi connectivity index (χ3n) is 5.26. The van der Waals surface area contributed by atoms with Gasteiger partial charge in [0.2, 0.25) is 10.0 Å². The summed E-state index contributed by atoms with van der Waals surface area (Å²) >= 11 is 0. The fourth-order valence-corrected chi connectivity index (χ4v) is 4.98. The average molecular weight is 432 g/mol. The van der Waals surface area contributed by atoms with Crippen LogP contribution >= 0.6 is 0 Å². The number of para-hydroxylation sites is 1. The molecule has 1 aliphatic heterocycles. The Bertz CT molecular complexity index is 1060. The molecule has 1 heterocycles. The van der Waals surface area contributed by atoms with Crippen LogP contribution in [-0.4, -0.2) is 39.1 Å². The molecular formula is C22H25NO6S. The molecule has 2 unspecified atom stereocenters. The number of benzene rings is 2. The SMILES string of the molecule is COC(=O)C(C)(C)C1Oc2ccccc2C(=O)C1CS(=O)(=O)Nc1ccc(C)cc1. The van der Waals surface area contributed by atoms with Gasteiger partial charge in [-0.15, -0.1) is 0 Å². The maximum absolute atomic E-state index is 13.2. The van der Waals surface area contributed by atoms with E-state index in [0.717, 1.165) is 5.56 Å². The van der Waals surface area contributed by atoms with Crippen LogP contribution in [0.25, 0.3) is 0 Å². The number of aryl methyl sites for hydroxylation is 1. The summed E-state index contributed by atoms with van der Waals surface area (Å²) in [5.41, 5.74) is 0.436. The summed E-state index contributed by atoms with van der Waals surface area (Å²) in [7, 11) is -2.67. The van der Waals surface area contributed by atoms with Gasteiger partial charge in [-0.25, -0.2) is 8.42 Å². The van der Waals surface area contributed by atoms with Crippen LogP contribution in [0.2, 0.25) is 0 Å². The molecule has 0 fully saturated rings. The number of rotatable bonds is 6. The monoisotopic (exact) mass is 431 g/mol. The third kappa shape index (κ3) is 4.33. The molecule has 2 aromatic rings. The topological polar surface area (TPSA) is 98.8 Å². The van der Waals surface area contributed by atoms with Crippen LogP contribution in [0.5, 0.6) is 5.75 Å². The van der Waals surface area contributed by atoms with Gasteiger partial charge >= 0.3 is 5.97 Å². The van der Waals surface area contributed by atoms with Gasteiger partial charge in [-0.05, 0) is 45.0 Å². The lowest BCUT2D eigenvalue weighted by Gasteiger charge is -2.40. The summed E-state index contributed by atoms with van der Waals surface area (Å²) in [5, 5.41) is 0. The standard InChI is InChI=1S/C22H25NO6S/c1-14-9-11-15(12-10-14)23-30(26,27)13-17-19(24)16-7-5-6-8-18(16)29-20(17)22(2,3)21(25)28-4/h5-12,17,20,23H,13H2,1-4H3. The van der Waals surface area contributed by atoms with E-state index in [0.29, 0.717) is 17.0 Å². The van der Waals surface area contributed by atoms with Crippen molar-refractivity contribution in [1.82, 2.24) is 0 Å². The molecule has 0 radical (unpaired) electrons. The normalized spacial score (nSPS) is 18.9. The highest BCUT2D eigenvalue weighted by molar-refractivity contribution is 7.92. The molecule has 3 rings (SSSR count). The van der Waals surface area contributed by atoms with E-state index in [-0.39, 0.29) is 5.78 Å². The van der Waals surface area contributed by atoms with E-state index in [1.54, 1.807) is 62.4 Å². The minimum Gasteiger partial charge on any atom is -0.488 e. The molecule has 0 aliphatic carbocycles. The molecule has 8 heteroatoms. The Morgan fingerprint density at radius 1 is 1.13 bits per heavy atom. The first-order valence-corrected chi connectivity index (χ1v) is 11.2. The zero-order chi connectivity index (χ0) is 22.1. The second kappa shape index (κ2) is 8.10. The summed E-state index contributed by atoms with van der Waals surface area (Å²) < 4.78 is 39.2. The minimum absolute atomic E-state index is 0.296. The van der Waals surface area contributed by atoms with Crippen LogP contribution in [0, 0.1) is 18.3 Å². The molecule has 0 bridgehead atoms. The van der Waals surface area contributed by atoms with E-state index in [9.17, 15) is 18.0 Å². The highest BCUT2D eigenvalue weighted by Gasteiger charge is 2.51. The second-order valence-electron chi connectivity index (χ2n) is 7.97. The number of Topliss-reactive ketones (excluding diaryl/α,β-unsaturated/α-hetero) is 1. The quantitative estimate of drug-likeness (QED) is 0.706.